The number of anilines is 4. The van der Waals surface area contributed by atoms with Gasteiger partial charge in [0.05, 0.1) is 19.8 Å². The van der Waals surface area contributed by atoms with Crippen molar-refractivity contribution in [3.05, 3.63) is 89.0 Å². The lowest BCUT2D eigenvalue weighted by Gasteiger charge is -2.21. The van der Waals surface area contributed by atoms with Crippen LogP contribution in [-0.2, 0) is 28.0 Å². The SMILES string of the molecule is COCCN(CCOC)Cc1ccc(Nc2nc(N)nc(-c3cccc(NC(=O)c4ccc(C(C)(C)C)cc4)c3CO)n2)cc1. The van der Waals surface area contributed by atoms with Crippen LogP contribution in [0.3, 0.4) is 0 Å². The molecule has 1 heterocycles. The van der Waals surface area contributed by atoms with Gasteiger partial charge in [-0.15, -0.1) is 0 Å². The van der Waals surface area contributed by atoms with E-state index in [1.54, 1.807) is 44.6 Å². The van der Waals surface area contributed by atoms with Crippen molar-refractivity contribution in [2.24, 2.45) is 0 Å². The van der Waals surface area contributed by atoms with E-state index in [1.807, 2.05) is 36.4 Å². The molecule has 0 aliphatic carbocycles. The molecule has 0 aliphatic rings. The lowest BCUT2D eigenvalue weighted by molar-refractivity contribution is 0.102. The average molecular weight is 614 g/mol. The zero-order valence-electron chi connectivity index (χ0n) is 26.6. The first-order valence-corrected chi connectivity index (χ1v) is 14.8. The fourth-order valence-electron chi connectivity index (χ4n) is 4.76. The summed E-state index contributed by atoms with van der Waals surface area (Å²) in [5, 5.41) is 16.5. The fourth-order valence-corrected chi connectivity index (χ4v) is 4.76. The Hall–Kier alpha value is -4.42. The zero-order chi connectivity index (χ0) is 32.4. The number of aromatic nitrogens is 3. The van der Waals surface area contributed by atoms with Crippen molar-refractivity contribution in [2.45, 2.75) is 39.3 Å². The molecule has 4 rings (SSSR count). The summed E-state index contributed by atoms with van der Waals surface area (Å²) in [7, 11) is 3.39. The van der Waals surface area contributed by atoms with Crippen LogP contribution in [-0.4, -0.2) is 71.4 Å². The highest BCUT2D eigenvalue weighted by atomic mass is 16.5. The molecular formula is C34H43N7O4. The van der Waals surface area contributed by atoms with E-state index in [4.69, 9.17) is 15.2 Å². The van der Waals surface area contributed by atoms with E-state index in [1.165, 1.54) is 0 Å². The minimum Gasteiger partial charge on any atom is -0.392 e. The van der Waals surface area contributed by atoms with Crippen LogP contribution in [0.4, 0.5) is 23.3 Å². The lowest BCUT2D eigenvalue weighted by atomic mass is 9.86. The second-order valence-corrected chi connectivity index (χ2v) is 11.7. The first-order chi connectivity index (χ1) is 21.6. The summed E-state index contributed by atoms with van der Waals surface area (Å²) >= 11 is 0. The van der Waals surface area contributed by atoms with Gasteiger partial charge in [0.15, 0.2) is 5.82 Å². The molecule has 1 aromatic heterocycles. The highest BCUT2D eigenvalue weighted by molar-refractivity contribution is 6.05. The number of hydrogen-bond acceptors (Lipinski definition) is 10. The second-order valence-electron chi connectivity index (χ2n) is 11.7. The number of hydrogen-bond donors (Lipinski definition) is 4. The molecule has 0 saturated heterocycles. The maximum atomic E-state index is 13.1. The summed E-state index contributed by atoms with van der Waals surface area (Å²) in [5.74, 6) is 0.250. The molecule has 0 fully saturated rings. The third-order valence-corrected chi connectivity index (χ3v) is 7.33. The maximum Gasteiger partial charge on any atom is 0.255 e. The third-order valence-electron chi connectivity index (χ3n) is 7.33. The number of nitrogen functional groups attached to an aromatic ring is 1. The first kappa shape index (κ1) is 33.5. The maximum absolute atomic E-state index is 13.1. The largest absolute Gasteiger partial charge is 0.392 e. The number of benzene rings is 3. The van der Waals surface area contributed by atoms with E-state index in [0.717, 1.165) is 36.4 Å². The van der Waals surface area contributed by atoms with Gasteiger partial charge in [0.25, 0.3) is 5.91 Å². The molecule has 1 amide bonds. The molecular weight excluding hydrogens is 570 g/mol. The van der Waals surface area contributed by atoms with Crippen molar-refractivity contribution >= 4 is 29.2 Å². The number of aliphatic hydroxyl groups excluding tert-OH is 1. The highest BCUT2D eigenvalue weighted by Gasteiger charge is 2.18. The zero-order valence-corrected chi connectivity index (χ0v) is 26.6. The van der Waals surface area contributed by atoms with Gasteiger partial charge in [0, 0.05) is 61.9 Å². The Morgan fingerprint density at radius 2 is 1.58 bits per heavy atom. The number of aliphatic hydroxyl groups is 1. The number of rotatable bonds is 14. The minimum absolute atomic E-state index is 0.0170. The smallest absolute Gasteiger partial charge is 0.255 e. The van der Waals surface area contributed by atoms with Crippen LogP contribution < -0.4 is 16.4 Å². The topological polar surface area (TPSA) is 148 Å². The summed E-state index contributed by atoms with van der Waals surface area (Å²) in [5.41, 5.74) is 11.1. The summed E-state index contributed by atoms with van der Waals surface area (Å²) in [4.78, 5) is 28.5. The Labute approximate surface area is 264 Å². The Bertz CT molecular complexity index is 1550. The van der Waals surface area contributed by atoms with Gasteiger partial charge in [0.2, 0.25) is 11.9 Å². The molecule has 0 unspecified atom stereocenters. The molecule has 11 heteroatoms. The van der Waals surface area contributed by atoms with E-state index < -0.39 is 0 Å². The number of methoxy groups -OCH3 is 2. The van der Waals surface area contributed by atoms with Gasteiger partial charge in [-0.1, -0.05) is 57.2 Å². The molecule has 0 radical (unpaired) electrons. The molecule has 11 nitrogen and oxygen atoms in total. The second kappa shape index (κ2) is 15.5. The van der Waals surface area contributed by atoms with Crippen molar-refractivity contribution in [1.82, 2.24) is 19.9 Å². The van der Waals surface area contributed by atoms with E-state index in [2.05, 4.69) is 51.3 Å². The third kappa shape index (κ3) is 9.29. The number of nitrogens with zero attached hydrogens (tertiary/aromatic N) is 4. The van der Waals surface area contributed by atoms with Gasteiger partial charge in [-0.3, -0.25) is 9.69 Å². The standard InChI is InChI=1S/C34H43N7O4/c1-34(2,3)25-13-11-24(12-14-25)31(43)37-29-8-6-7-27(28(29)22-42)30-38-32(35)40-33(39-30)36-26-15-9-23(10-16-26)21-41(17-19-44-4)18-20-45-5/h6-16,42H,17-22H2,1-5H3,(H,37,43)(H3,35,36,38,39,40). The van der Waals surface area contributed by atoms with Crippen LogP contribution >= 0.6 is 0 Å². The summed E-state index contributed by atoms with van der Waals surface area (Å²) in [6, 6.07) is 20.7. The molecule has 5 N–H and O–H groups in total. The Kier molecular flexibility index (Phi) is 11.6. The van der Waals surface area contributed by atoms with Gasteiger partial charge >= 0.3 is 0 Å². The highest BCUT2D eigenvalue weighted by Crippen LogP contribution is 2.29. The van der Waals surface area contributed by atoms with Crippen LogP contribution in [0, 0.1) is 0 Å². The number of carbonyl (C=O) groups excluding carboxylic acids is 1. The quantitative estimate of drug-likeness (QED) is 0.153. The van der Waals surface area contributed by atoms with Gasteiger partial charge in [-0.25, -0.2) is 0 Å². The lowest BCUT2D eigenvalue weighted by Crippen LogP contribution is -2.30. The minimum atomic E-state index is -0.351. The van der Waals surface area contributed by atoms with E-state index in [-0.39, 0.29) is 35.7 Å². The molecule has 0 saturated carbocycles. The van der Waals surface area contributed by atoms with Crippen molar-refractivity contribution in [1.29, 1.82) is 0 Å². The predicted molar refractivity (Wildman–Crippen MR) is 177 cm³/mol. The molecule has 0 bridgehead atoms. The Morgan fingerprint density at radius 1 is 0.911 bits per heavy atom. The average Bonchev–Trinajstić information content (AvgIpc) is 3.02. The van der Waals surface area contributed by atoms with Gasteiger partial charge in [-0.05, 0) is 46.9 Å². The number of nitrogens with one attached hydrogen (secondary N) is 2. The summed E-state index contributed by atoms with van der Waals surface area (Å²) in [6.45, 7) is 9.67. The van der Waals surface area contributed by atoms with E-state index >= 15 is 0 Å². The molecule has 45 heavy (non-hydrogen) atoms. The summed E-state index contributed by atoms with van der Waals surface area (Å²) < 4.78 is 10.5. The molecule has 0 spiro atoms. The van der Waals surface area contributed by atoms with Gasteiger partial charge < -0.3 is 30.9 Å². The molecule has 238 valence electrons. The van der Waals surface area contributed by atoms with Crippen molar-refractivity contribution in [3.8, 4) is 11.4 Å². The van der Waals surface area contributed by atoms with Crippen LogP contribution in [0.1, 0.15) is 47.8 Å². The number of amides is 1. The van der Waals surface area contributed by atoms with Crippen LogP contribution in [0.25, 0.3) is 11.4 Å². The normalized spacial score (nSPS) is 11.5. The van der Waals surface area contributed by atoms with E-state index in [0.29, 0.717) is 35.6 Å². The van der Waals surface area contributed by atoms with Crippen molar-refractivity contribution in [3.63, 3.8) is 0 Å². The van der Waals surface area contributed by atoms with Crippen molar-refractivity contribution in [2.75, 3.05) is 56.9 Å². The first-order valence-electron chi connectivity index (χ1n) is 14.8. The predicted octanol–water partition coefficient (Wildman–Crippen LogP) is 5.00. The molecule has 0 aliphatic heterocycles. The Balaban J connectivity index is 1.51. The van der Waals surface area contributed by atoms with Crippen molar-refractivity contribution < 1.29 is 19.4 Å². The van der Waals surface area contributed by atoms with Crippen LogP contribution in [0.15, 0.2) is 66.7 Å². The van der Waals surface area contributed by atoms with Gasteiger partial charge in [0.1, 0.15) is 0 Å². The summed E-state index contributed by atoms with van der Waals surface area (Å²) in [6.07, 6.45) is 0. The number of ether oxygens (including phenoxy) is 2. The van der Waals surface area contributed by atoms with Crippen LogP contribution in [0.5, 0.6) is 0 Å². The number of nitrogens with two attached hydrogens (primary N) is 1. The van der Waals surface area contributed by atoms with Gasteiger partial charge in [-0.2, -0.15) is 15.0 Å². The fraction of sp³-hybridized carbons (Fsp3) is 0.353. The monoisotopic (exact) mass is 613 g/mol. The molecule has 3 aromatic carbocycles. The number of carbonyl (C=O) groups is 1. The molecule has 4 aromatic rings. The van der Waals surface area contributed by atoms with Crippen LogP contribution in [0.2, 0.25) is 0 Å². The molecule has 0 atom stereocenters. The van der Waals surface area contributed by atoms with E-state index in [9.17, 15) is 9.90 Å². The Morgan fingerprint density at radius 3 is 2.18 bits per heavy atom.